The molecule has 1 N–H and O–H groups in total. The average Bonchev–Trinajstić information content (AvgIpc) is 3.33. The van der Waals surface area contributed by atoms with Gasteiger partial charge in [-0.15, -0.1) is 0 Å². The maximum Gasteiger partial charge on any atom is 0.245 e. The summed E-state index contributed by atoms with van der Waals surface area (Å²) in [5.41, 5.74) is 3.59. The van der Waals surface area contributed by atoms with Gasteiger partial charge in [-0.3, -0.25) is 24.8 Å². The summed E-state index contributed by atoms with van der Waals surface area (Å²) in [7, 11) is 0. The van der Waals surface area contributed by atoms with Gasteiger partial charge in [0.15, 0.2) is 0 Å². The Morgan fingerprint density at radius 2 is 2.03 bits per heavy atom. The molecule has 2 aliphatic heterocycles. The summed E-state index contributed by atoms with van der Waals surface area (Å²) in [6.07, 6.45) is 6.11. The van der Waals surface area contributed by atoms with Crippen LogP contribution in [0.5, 0.6) is 0 Å². The lowest BCUT2D eigenvalue weighted by Crippen LogP contribution is -2.47. The van der Waals surface area contributed by atoms with Crippen molar-refractivity contribution in [3.05, 3.63) is 48.0 Å². The van der Waals surface area contributed by atoms with Gasteiger partial charge in [0.05, 0.1) is 24.3 Å². The highest BCUT2D eigenvalue weighted by Crippen LogP contribution is 2.38. The zero-order valence-corrected chi connectivity index (χ0v) is 16.2. The summed E-state index contributed by atoms with van der Waals surface area (Å²) < 4.78 is 0. The molecule has 2 heterocycles. The van der Waals surface area contributed by atoms with Gasteiger partial charge in [-0.1, -0.05) is 42.5 Å². The van der Waals surface area contributed by atoms with Crippen molar-refractivity contribution in [1.29, 1.82) is 5.26 Å². The van der Waals surface area contributed by atoms with Crippen LogP contribution >= 0.6 is 0 Å². The summed E-state index contributed by atoms with van der Waals surface area (Å²) in [6.45, 7) is 0.937. The molecule has 1 aromatic carbocycles. The molecular weight excluding hydrogens is 368 g/mol. The van der Waals surface area contributed by atoms with E-state index in [9.17, 15) is 19.6 Å². The van der Waals surface area contributed by atoms with Crippen LogP contribution in [0.25, 0.3) is 0 Å². The van der Waals surface area contributed by atoms with Crippen LogP contribution in [0.1, 0.15) is 24.8 Å². The number of fused-ring (bicyclic) bond motifs is 1. The van der Waals surface area contributed by atoms with Gasteiger partial charge in [0.25, 0.3) is 0 Å². The molecule has 2 fully saturated rings. The molecule has 3 amide bonds. The molecule has 0 spiro atoms. The first-order chi connectivity index (χ1) is 14.1. The lowest BCUT2D eigenvalue weighted by Gasteiger charge is -2.31. The van der Waals surface area contributed by atoms with Gasteiger partial charge in [-0.25, -0.2) is 0 Å². The Morgan fingerprint density at radius 3 is 2.79 bits per heavy atom. The molecular formula is C22H24N4O3. The number of nitriles is 1. The topological polar surface area (TPSA) is 93.5 Å². The molecule has 0 aromatic heterocycles. The number of nitrogens with one attached hydrogen (secondary N) is 1. The van der Waals surface area contributed by atoms with E-state index >= 15 is 0 Å². The highest BCUT2D eigenvalue weighted by atomic mass is 16.2. The second-order valence-corrected chi connectivity index (χ2v) is 7.92. The number of benzene rings is 1. The van der Waals surface area contributed by atoms with E-state index < -0.39 is 17.9 Å². The predicted octanol–water partition coefficient (Wildman–Crippen LogP) is 1.43. The number of nitrogens with zero attached hydrogens (tertiary/aromatic N) is 3. The van der Waals surface area contributed by atoms with E-state index in [1.807, 2.05) is 42.5 Å². The van der Waals surface area contributed by atoms with Crippen molar-refractivity contribution in [1.82, 2.24) is 15.3 Å². The minimum atomic E-state index is -0.482. The van der Waals surface area contributed by atoms with Crippen LogP contribution in [0.2, 0.25) is 0 Å². The zero-order chi connectivity index (χ0) is 20.4. The third-order valence-electron chi connectivity index (χ3n) is 6.08. The van der Waals surface area contributed by atoms with E-state index in [-0.39, 0.29) is 30.1 Å². The van der Waals surface area contributed by atoms with Crippen molar-refractivity contribution in [2.24, 2.45) is 17.8 Å². The van der Waals surface area contributed by atoms with Crippen LogP contribution in [0, 0.1) is 29.1 Å². The Hall–Kier alpha value is -3.14. The smallest absolute Gasteiger partial charge is 0.245 e. The second kappa shape index (κ2) is 8.08. The van der Waals surface area contributed by atoms with E-state index in [0.717, 1.165) is 12.0 Å². The molecule has 0 radical (unpaired) electrons. The summed E-state index contributed by atoms with van der Waals surface area (Å²) in [5, 5.41) is 10.7. The lowest BCUT2D eigenvalue weighted by atomic mass is 9.76. The van der Waals surface area contributed by atoms with E-state index in [2.05, 4.69) is 11.5 Å². The van der Waals surface area contributed by atoms with Crippen molar-refractivity contribution in [3.63, 3.8) is 0 Å². The van der Waals surface area contributed by atoms with Crippen molar-refractivity contribution in [2.45, 2.75) is 31.7 Å². The minimum Gasteiger partial charge on any atom is -0.326 e. The minimum absolute atomic E-state index is 0.106. The van der Waals surface area contributed by atoms with Gasteiger partial charge < -0.3 is 4.90 Å². The second-order valence-electron chi connectivity index (χ2n) is 7.92. The largest absolute Gasteiger partial charge is 0.326 e. The number of likely N-dealkylation sites (tertiary alicyclic amines) is 1. The summed E-state index contributed by atoms with van der Waals surface area (Å²) in [4.78, 5) is 40.2. The van der Waals surface area contributed by atoms with Gasteiger partial charge in [-0.05, 0) is 24.8 Å². The van der Waals surface area contributed by atoms with Crippen LogP contribution in [0.4, 0.5) is 0 Å². The van der Waals surface area contributed by atoms with Crippen molar-refractivity contribution >= 4 is 17.7 Å². The van der Waals surface area contributed by atoms with Crippen LogP contribution in [0.15, 0.2) is 42.5 Å². The maximum atomic E-state index is 13.1. The van der Waals surface area contributed by atoms with Gasteiger partial charge in [0.2, 0.25) is 17.7 Å². The Kier molecular flexibility index (Phi) is 5.34. The normalized spacial score (nSPS) is 28.2. The van der Waals surface area contributed by atoms with E-state index in [1.165, 1.54) is 5.01 Å². The van der Waals surface area contributed by atoms with Crippen LogP contribution in [-0.2, 0) is 20.8 Å². The van der Waals surface area contributed by atoms with E-state index in [1.54, 1.807) is 4.90 Å². The fraction of sp³-hybridized carbons (Fsp3) is 0.455. The number of rotatable bonds is 4. The van der Waals surface area contributed by atoms with Gasteiger partial charge in [0.1, 0.15) is 6.04 Å². The van der Waals surface area contributed by atoms with Crippen molar-refractivity contribution < 1.29 is 14.4 Å². The van der Waals surface area contributed by atoms with Crippen LogP contribution in [0.3, 0.4) is 0 Å². The van der Waals surface area contributed by atoms with Gasteiger partial charge in [0, 0.05) is 19.0 Å². The molecule has 1 aliphatic carbocycles. The van der Waals surface area contributed by atoms with Crippen molar-refractivity contribution in [3.8, 4) is 6.07 Å². The predicted molar refractivity (Wildman–Crippen MR) is 105 cm³/mol. The number of hydrogen-bond acceptors (Lipinski definition) is 4. The molecule has 3 aliphatic rings. The summed E-state index contributed by atoms with van der Waals surface area (Å²) in [6, 6.07) is 11.2. The molecule has 150 valence electrons. The fourth-order valence-corrected chi connectivity index (χ4v) is 4.68. The number of hydrazine groups is 1. The first kappa shape index (κ1) is 19.2. The molecule has 4 unspecified atom stereocenters. The molecule has 4 atom stereocenters. The Balaban J connectivity index is 1.44. The molecule has 1 aromatic rings. The summed E-state index contributed by atoms with van der Waals surface area (Å²) in [5.74, 6) is -1.64. The SMILES string of the molecule is N#CC1CCCN1C(=O)C1CC=CC2CN(NC(=O)Cc3ccccc3)C(=O)C21. The van der Waals surface area contributed by atoms with Gasteiger partial charge in [-0.2, -0.15) is 5.26 Å². The third kappa shape index (κ3) is 3.75. The summed E-state index contributed by atoms with van der Waals surface area (Å²) >= 11 is 0. The fourth-order valence-electron chi connectivity index (χ4n) is 4.68. The molecule has 0 saturated carbocycles. The number of carbonyl (C=O) groups is 3. The highest BCUT2D eigenvalue weighted by Gasteiger charge is 2.49. The highest BCUT2D eigenvalue weighted by molar-refractivity contribution is 5.92. The van der Waals surface area contributed by atoms with Crippen LogP contribution in [-0.4, -0.2) is 46.8 Å². The lowest BCUT2D eigenvalue weighted by molar-refractivity contribution is -0.146. The number of allylic oxidation sites excluding steroid dienone is 1. The first-order valence-electron chi connectivity index (χ1n) is 10.1. The quantitative estimate of drug-likeness (QED) is 0.785. The molecule has 29 heavy (non-hydrogen) atoms. The molecule has 4 rings (SSSR count). The Morgan fingerprint density at radius 1 is 1.24 bits per heavy atom. The first-order valence-corrected chi connectivity index (χ1v) is 10.1. The zero-order valence-electron chi connectivity index (χ0n) is 16.2. The number of amides is 3. The Bertz CT molecular complexity index is 876. The molecule has 2 saturated heterocycles. The molecule has 7 nitrogen and oxygen atoms in total. The standard InChI is InChI=1S/C22H24N4O3/c23-13-17-9-5-11-25(17)21(28)18-10-4-8-16-14-26(22(29)20(16)18)24-19(27)12-15-6-2-1-3-7-15/h1-4,6-8,16-18,20H,5,9-12,14H2,(H,24,27). The van der Waals surface area contributed by atoms with E-state index in [0.29, 0.717) is 25.9 Å². The monoisotopic (exact) mass is 392 g/mol. The van der Waals surface area contributed by atoms with Crippen LogP contribution < -0.4 is 5.43 Å². The average molecular weight is 392 g/mol. The Labute approximate surface area is 169 Å². The maximum absolute atomic E-state index is 13.1. The van der Waals surface area contributed by atoms with Gasteiger partial charge >= 0.3 is 0 Å². The van der Waals surface area contributed by atoms with Crippen molar-refractivity contribution in [2.75, 3.05) is 13.1 Å². The number of hydrogen-bond donors (Lipinski definition) is 1. The number of carbonyl (C=O) groups excluding carboxylic acids is 3. The molecule has 7 heteroatoms. The van der Waals surface area contributed by atoms with E-state index in [4.69, 9.17) is 0 Å². The third-order valence-corrected chi connectivity index (χ3v) is 6.08. The molecule has 0 bridgehead atoms.